The van der Waals surface area contributed by atoms with Crippen molar-refractivity contribution in [1.82, 2.24) is 10.2 Å². The lowest BCUT2D eigenvalue weighted by Crippen LogP contribution is -2.52. The van der Waals surface area contributed by atoms with E-state index in [4.69, 9.17) is 16.3 Å². The van der Waals surface area contributed by atoms with Crippen molar-refractivity contribution in [2.45, 2.75) is 52.7 Å². The highest BCUT2D eigenvalue weighted by molar-refractivity contribution is 7.92. The van der Waals surface area contributed by atoms with Crippen molar-refractivity contribution in [3.8, 4) is 5.75 Å². The Morgan fingerprint density at radius 3 is 2.29 bits per heavy atom. The zero-order valence-electron chi connectivity index (χ0n) is 20.8. The molecule has 0 radical (unpaired) electrons. The number of nitrogens with zero attached hydrogens (tertiary/aromatic N) is 2. The second-order valence-electron chi connectivity index (χ2n) is 8.34. The van der Waals surface area contributed by atoms with E-state index in [1.165, 1.54) is 4.90 Å². The summed E-state index contributed by atoms with van der Waals surface area (Å²) in [6, 6.07) is 12.5. The van der Waals surface area contributed by atoms with E-state index in [2.05, 4.69) is 5.32 Å². The first kappa shape index (κ1) is 28.5. The van der Waals surface area contributed by atoms with Gasteiger partial charge in [0.15, 0.2) is 0 Å². The third-order valence-electron chi connectivity index (χ3n) is 5.53. The zero-order chi connectivity index (χ0) is 26.2. The first-order valence-corrected chi connectivity index (χ1v) is 13.7. The summed E-state index contributed by atoms with van der Waals surface area (Å²) in [7, 11) is -3.80. The number of hydrogen-bond acceptors (Lipinski definition) is 5. The van der Waals surface area contributed by atoms with Gasteiger partial charge >= 0.3 is 0 Å². The Hall–Kier alpha value is -2.78. The van der Waals surface area contributed by atoms with E-state index in [1.54, 1.807) is 55.5 Å². The molecule has 0 bridgehead atoms. The first-order chi connectivity index (χ1) is 16.5. The molecule has 192 valence electrons. The van der Waals surface area contributed by atoms with Crippen LogP contribution in [0.5, 0.6) is 5.75 Å². The minimum atomic E-state index is -3.80. The van der Waals surface area contributed by atoms with E-state index in [1.807, 2.05) is 20.8 Å². The Kier molecular flexibility index (Phi) is 10.4. The van der Waals surface area contributed by atoms with Gasteiger partial charge in [0.05, 0.1) is 18.6 Å². The molecular formula is C25H34ClN3O5S. The number of benzene rings is 2. The molecule has 0 aromatic heterocycles. The van der Waals surface area contributed by atoms with E-state index >= 15 is 0 Å². The molecule has 0 fully saturated rings. The fourth-order valence-electron chi connectivity index (χ4n) is 3.37. The highest BCUT2D eigenvalue weighted by Crippen LogP contribution is 2.23. The Morgan fingerprint density at radius 1 is 1.09 bits per heavy atom. The number of hydrogen-bond donors (Lipinski definition) is 1. The number of carbonyl (C=O) groups is 2. The Morgan fingerprint density at radius 2 is 1.74 bits per heavy atom. The molecular weight excluding hydrogens is 490 g/mol. The van der Waals surface area contributed by atoms with E-state index in [0.717, 1.165) is 22.5 Å². The van der Waals surface area contributed by atoms with E-state index in [0.29, 0.717) is 23.1 Å². The summed E-state index contributed by atoms with van der Waals surface area (Å²) < 4.78 is 31.7. The lowest BCUT2D eigenvalue weighted by molar-refractivity contribution is -0.139. The van der Waals surface area contributed by atoms with Crippen LogP contribution in [0.15, 0.2) is 48.5 Å². The molecule has 2 aromatic rings. The molecule has 2 amide bonds. The van der Waals surface area contributed by atoms with Crippen molar-refractivity contribution in [2.24, 2.45) is 0 Å². The summed E-state index contributed by atoms with van der Waals surface area (Å²) in [6.07, 6.45) is 1.78. The number of anilines is 1. The molecule has 0 heterocycles. The molecule has 2 aromatic carbocycles. The van der Waals surface area contributed by atoms with Gasteiger partial charge in [-0.25, -0.2) is 8.42 Å². The average molecular weight is 524 g/mol. The fourth-order valence-corrected chi connectivity index (χ4v) is 4.43. The van der Waals surface area contributed by atoms with Gasteiger partial charge in [-0.2, -0.15) is 0 Å². The fraction of sp³-hybridized carbons (Fsp3) is 0.440. The molecule has 0 spiro atoms. The number of amides is 2. The summed E-state index contributed by atoms with van der Waals surface area (Å²) in [4.78, 5) is 27.8. The molecule has 10 heteroatoms. The van der Waals surface area contributed by atoms with Crippen LogP contribution in [0.1, 0.15) is 39.7 Å². The molecule has 0 aliphatic carbocycles. The smallest absolute Gasteiger partial charge is 0.244 e. The van der Waals surface area contributed by atoms with Crippen LogP contribution in [-0.4, -0.2) is 56.6 Å². The van der Waals surface area contributed by atoms with E-state index < -0.39 is 28.5 Å². The summed E-state index contributed by atoms with van der Waals surface area (Å²) in [5.74, 6) is -0.244. The van der Waals surface area contributed by atoms with E-state index in [-0.39, 0.29) is 18.5 Å². The van der Waals surface area contributed by atoms with Crippen molar-refractivity contribution in [2.75, 3.05) is 23.7 Å². The Balaban J connectivity index is 2.36. The lowest BCUT2D eigenvalue weighted by atomic mass is 10.1. The molecule has 2 atom stereocenters. The molecule has 1 N–H and O–H groups in total. The molecule has 35 heavy (non-hydrogen) atoms. The molecule has 0 aliphatic rings. The number of ether oxygens (including phenoxy) is 1. The van der Waals surface area contributed by atoms with Crippen LogP contribution in [0.3, 0.4) is 0 Å². The number of sulfonamides is 1. The minimum Gasteiger partial charge on any atom is -0.494 e. The first-order valence-electron chi connectivity index (χ1n) is 11.5. The van der Waals surface area contributed by atoms with Crippen LogP contribution in [-0.2, 0) is 26.2 Å². The third-order valence-corrected chi connectivity index (χ3v) is 6.90. The average Bonchev–Trinajstić information content (AvgIpc) is 2.80. The highest BCUT2D eigenvalue weighted by Gasteiger charge is 2.30. The second-order valence-corrected chi connectivity index (χ2v) is 10.7. The molecule has 0 saturated carbocycles. The van der Waals surface area contributed by atoms with Gasteiger partial charge in [0.2, 0.25) is 21.8 Å². The molecule has 8 nitrogen and oxygen atoms in total. The maximum absolute atomic E-state index is 13.5. The predicted octanol–water partition coefficient (Wildman–Crippen LogP) is 3.84. The van der Waals surface area contributed by atoms with Crippen LogP contribution in [0, 0.1) is 0 Å². The van der Waals surface area contributed by atoms with Crippen molar-refractivity contribution >= 4 is 39.1 Å². The molecule has 2 rings (SSSR count). The molecule has 0 aliphatic heterocycles. The summed E-state index contributed by atoms with van der Waals surface area (Å²) >= 11 is 6.12. The van der Waals surface area contributed by atoms with Gasteiger partial charge in [0.1, 0.15) is 18.3 Å². The Labute approximate surface area is 213 Å². The van der Waals surface area contributed by atoms with Gasteiger partial charge in [-0.15, -0.1) is 0 Å². The van der Waals surface area contributed by atoms with Gasteiger partial charge < -0.3 is 15.0 Å². The van der Waals surface area contributed by atoms with Crippen LogP contribution >= 0.6 is 11.6 Å². The van der Waals surface area contributed by atoms with Crippen molar-refractivity contribution in [3.63, 3.8) is 0 Å². The summed E-state index contributed by atoms with van der Waals surface area (Å²) in [5.41, 5.74) is 1.05. The third kappa shape index (κ3) is 8.43. The van der Waals surface area contributed by atoms with Crippen LogP contribution in [0.25, 0.3) is 0 Å². The van der Waals surface area contributed by atoms with Crippen molar-refractivity contribution in [1.29, 1.82) is 0 Å². The minimum absolute atomic E-state index is 0.0653. The van der Waals surface area contributed by atoms with Gasteiger partial charge in [-0.05, 0) is 69.2 Å². The predicted molar refractivity (Wildman–Crippen MR) is 139 cm³/mol. The van der Waals surface area contributed by atoms with Gasteiger partial charge in [-0.3, -0.25) is 13.9 Å². The number of carbonyl (C=O) groups excluding carboxylic acids is 2. The maximum Gasteiger partial charge on any atom is 0.244 e. The van der Waals surface area contributed by atoms with Gasteiger partial charge in [0, 0.05) is 17.6 Å². The normalized spacial score (nSPS) is 13.0. The standard InChI is InChI=1S/C25H34ClN3O5S/c1-6-18(3)27-25(31)19(4)28(16-20-9-8-10-21(26)15-20)24(30)17-29(35(5,32)33)22-11-13-23(14-12-22)34-7-2/h8-15,18-19H,6-7,16-17H2,1-5H3,(H,27,31)/t18-,19+/m0/s1. The largest absolute Gasteiger partial charge is 0.494 e. The van der Waals surface area contributed by atoms with Gasteiger partial charge in [0.25, 0.3) is 0 Å². The van der Waals surface area contributed by atoms with Gasteiger partial charge in [-0.1, -0.05) is 30.7 Å². The summed E-state index contributed by atoms with van der Waals surface area (Å²) in [5, 5.41) is 3.39. The topological polar surface area (TPSA) is 96.0 Å². The molecule has 0 saturated heterocycles. The monoisotopic (exact) mass is 523 g/mol. The van der Waals surface area contributed by atoms with Crippen molar-refractivity contribution < 1.29 is 22.7 Å². The highest BCUT2D eigenvalue weighted by atomic mass is 35.5. The SMILES string of the molecule is CCOc1ccc(N(CC(=O)N(Cc2cccc(Cl)c2)[C@H](C)C(=O)N[C@@H](C)CC)S(C)(=O)=O)cc1. The second kappa shape index (κ2) is 12.8. The van der Waals surface area contributed by atoms with Crippen LogP contribution in [0.4, 0.5) is 5.69 Å². The van der Waals surface area contributed by atoms with E-state index in [9.17, 15) is 18.0 Å². The molecule has 0 unspecified atom stereocenters. The summed E-state index contributed by atoms with van der Waals surface area (Å²) in [6.45, 7) is 7.41. The number of nitrogens with one attached hydrogen (secondary N) is 1. The van der Waals surface area contributed by atoms with Crippen molar-refractivity contribution in [3.05, 3.63) is 59.1 Å². The number of rotatable bonds is 12. The zero-order valence-corrected chi connectivity index (χ0v) is 22.4. The maximum atomic E-state index is 13.5. The van der Waals surface area contributed by atoms with Crippen LogP contribution in [0.2, 0.25) is 5.02 Å². The quantitative estimate of drug-likeness (QED) is 0.456. The lowest BCUT2D eigenvalue weighted by Gasteiger charge is -2.32. The Bertz CT molecular complexity index is 1110. The van der Waals surface area contributed by atoms with Crippen LogP contribution < -0.4 is 14.4 Å². The number of halogens is 1.